The van der Waals surface area contributed by atoms with Crippen LogP contribution < -0.4 is 4.74 Å². The highest BCUT2D eigenvalue weighted by Crippen LogP contribution is 2.47. The lowest BCUT2D eigenvalue weighted by molar-refractivity contribution is 0.276. The quantitative estimate of drug-likeness (QED) is 0.405. The number of nitriles is 1. The number of nitrogens with zero attached hydrogens (tertiary/aromatic N) is 1. The van der Waals surface area contributed by atoms with E-state index in [-0.39, 0.29) is 10.8 Å². The summed E-state index contributed by atoms with van der Waals surface area (Å²) in [6, 6.07) is 17.7. The van der Waals surface area contributed by atoms with Crippen molar-refractivity contribution in [3.05, 3.63) is 64.7 Å². The molecular formula is C31H45NO. The number of ether oxygens (including phenoxy) is 1. The summed E-state index contributed by atoms with van der Waals surface area (Å²) in [5, 5.41) is 10.7. The fraction of sp³-hybridized carbons (Fsp3) is 0.581. The van der Waals surface area contributed by atoms with Gasteiger partial charge in [0.05, 0.1) is 11.5 Å². The zero-order valence-corrected chi connectivity index (χ0v) is 22.7. The van der Waals surface area contributed by atoms with Crippen LogP contribution in [-0.2, 0) is 22.9 Å². The Hall–Kier alpha value is -2.27. The van der Waals surface area contributed by atoms with Gasteiger partial charge in [-0.3, -0.25) is 0 Å². The molecule has 2 aromatic carbocycles. The van der Waals surface area contributed by atoms with Crippen LogP contribution >= 0.6 is 0 Å². The first-order valence-electron chi connectivity index (χ1n) is 12.5. The molecule has 180 valence electrons. The van der Waals surface area contributed by atoms with Crippen molar-refractivity contribution in [1.82, 2.24) is 0 Å². The van der Waals surface area contributed by atoms with Gasteiger partial charge in [0.25, 0.3) is 0 Å². The largest absolute Gasteiger partial charge is 0.488 e. The Morgan fingerprint density at radius 1 is 0.788 bits per heavy atom. The molecule has 0 amide bonds. The smallest absolute Gasteiger partial charge is 0.128 e. The molecule has 0 spiro atoms. The molecule has 33 heavy (non-hydrogen) atoms. The molecule has 2 heteroatoms. The number of hydrogen-bond donors (Lipinski definition) is 0. The first kappa shape index (κ1) is 27.0. The van der Waals surface area contributed by atoms with Crippen molar-refractivity contribution in [2.24, 2.45) is 11.8 Å². The molecule has 0 aliphatic carbocycles. The van der Waals surface area contributed by atoms with Crippen LogP contribution in [0.2, 0.25) is 0 Å². The Bertz CT molecular complexity index is 939. The van der Waals surface area contributed by atoms with Gasteiger partial charge in [-0.1, -0.05) is 106 Å². The zero-order valence-electron chi connectivity index (χ0n) is 22.7. The fourth-order valence-electron chi connectivity index (χ4n) is 4.71. The highest BCUT2D eigenvalue weighted by Gasteiger charge is 2.39. The molecule has 0 fully saturated rings. The predicted molar refractivity (Wildman–Crippen MR) is 141 cm³/mol. The summed E-state index contributed by atoms with van der Waals surface area (Å²) < 4.78 is 6.67. The Kier molecular flexibility index (Phi) is 8.45. The average Bonchev–Trinajstić information content (AvgIpc) is 2.69. The molecule has 0 atom stereocenters. The van der Waals surface area contributed by atoms with Gasteiger partial charge in [0.15, 0.2) is 0 Å². The summed E-state index contributed by atoms with van der Waals surface area (Å²) in [4.78, 5) is 0. The van der Waals surface area contributed by atoms with Gasteiger partial charge in [-0.25, -0.2) is 0 Å². The summed E-state index contributed by atoms with van der Waals surface area (Å²) in [6.45, 7) is 22.9. The molecule has 0 saturated heterocycles. The highest BCUT2D eigenvalue weighted by atomic mass is 16.5. The first-order chi connectivity index (χ1) is 15.2. The molecule has 0 aromatic heterocycles. The van der Waals surface area contributed by atoms with Gasteiger partial charge in [0, 0.05) is 11.1 Å². The van der Waals surface area contributed by atoms with E-state index >= 15 is 0 Å². The maximum Gasteiger partial charge on any atom is 0.128 e. The van der Waals surface area contributed by atoms with Crippen LogP contribution in [0.3, 0.4) is 0 Å². The minimum Gasteiger partial charge on any atom is -0.488 e. The highest BCUT2D eigenvalue weighted by molar-refractivity contribution is 5.55. The van der Waals surface area contributed by atoms with Crippen molar-refractivity contribution in [1.29, 1.82) is 5.26 Å². The van der Waals surface area contributed by atoms with Crippen LogP contribution in [0.15, 0.2) is 42.5 Å². The normalized spacial score (nSPS) is 12.8. The van der Waals surface area contributed by atoms with Gasteiger partial charge in [-0.05, 0) is 52.7 Å². The topological polar surface area (TPSA) is 33.0 Å². The van der Waals surface area contributed by atoms with Crippen LogP contribution in [0.1, 0.15) is 104 Å². The van der Waals surface area contributed by atoms with E-state index in [1.54, 1.807) is 0 Å². The second kappa shape index (κ2) is 10.3. The number of hydrogen-bond acceptors (Lipinski definition) is 2. The van der Waals surface area contributed by atoms with E-state index in [1.165, 1.54) is 11.1 Å². The molecule has 0 N–H and O–H groups in total. The van der Waals surface area contributed by atoms with Crippen molar-refractivity contribution >= 4 is 0 Å². The van der Waals surface area contributed by atoms with Gasteiger partial charge in [0.2, 0.25) is 0 Å². The van der Waals surface area contributed by atoms with Crippen molar-refractivity contribution < 1.29 is 4.74 Å². The van der Waals surface area contributed by atoms with E-state index in [4.69, 9.17) is 4.74 Å². The van der Waals surface area contributed by atoms with Crippen molar-refractivity contribution in [2.75, 3.05) is 0 Å². The van der Waals surface area contributed by atoms with Crippen LogP contribution in [0.25, 0.3) is 0 Å². The second-order valence-corrected chi connectivity index (χ2v) is 12.6. The molecule has 0 aliphatic heterocycles. The van der Waals surface area contributed by atoms with Crippen LogP contribution in [0, 0.1) is 23.2 Å². The molecule has 0 unspecified atom stereocenters. The number of rotatable bonds is 8. The lowest BCUT2D eigenvalue weighted by Crippen LogP contribution is -2.31. The summed E-state index contributed by atoms with van der Waals surface area (Å²) >= 11 is 0. The van der Waals surface area contributed by atoms with Gasteiger partial charge < -0.3 is 4.74 Å². The third-order valence-corrected chi connectivity index (χ3v) is 6.23. The molecule has 0 heterocycles. The second-order valence-electron chi connectivity index (χ2n) is 12.6. The van der Waals surface area contributed by atoms with Gasteiger partial charge in [-0.2, -0.15) is 5.26 Å². The van der Waals surface area contributed by atoms with Crippen LogP contribution in [0.4, 0.5) is 0 Å². The SMILES string of the molecule is CC(C)CC(C#N)(CC(C)C)c1cc(C(C)(C)C)cc(C(C)(C)C)c1OCc1ccccc1. The molecule has 0 aliphatic rings. The lowest BCUT2D eigenvalue weighted by Gasteiger charge is -2.36. The van der Waals surface area contributed by atoms with E-state index in [1.807, 2.05) is 18.2 Å². The van der Waals surface area contributed by atoms with Crippen LogP contribution in [-0.4, -0.2) is 0 Å². The molecular weight excluding hydrogens is 402 g/mol. The monoisotopic (exact) mass is 447 g/mol. The van der Waals surface area contributed by atoms with Gasteiger partial charge in [0.1, 0.15) is 12.4 Å². The minimum atomic E-state index is -0.588. The molecule has 0 bridgehead atoms. The fourth-order valence-corrected chi connectivity index (χ4v) is 4.71. The lowest BCUT2D eigenvalue weighted by atomic mass is 9.67. The number of benzene rings is 2. The maximum absolute atomic E-state index is 10.7. The molecule has 0 radical (unpaired) electrons. The van der Waals surface area contributed by atoms with E-state index in [0.717, 1.165) is 29.7 Å². The summed E-state index contributed by atoms with van der Waals surface area (Å²) in [6.07, 6.45) is 1.64. The predicted octanol–water partition coefficient (Wildman–Crippen LogP) is 8.71. The standard InChI is InChI=1S/C31H45NO/c1-22(2)18-31(21-32,19-23(3)4)27-17-25(29(5,6)7)16-26(30(8,9)10)28(27)33-20-24-14-12-11-13-15-24/h11-17,22-23H,18-20H2,1-10H3. The van der Waals surface area contributed by atoms with Gasteiger partial charge >= 0.3 is 0 Å². The Labute approximate surface area is 203 Å². The van der Waals surface area contributed by atoms with Crippen molar-refractivity contribution in [2.45, 2.75) is 105 Å². The Morgan fingerprint density at radius 3 is 1.73 bits per heavy atom. The minimum absolute atomic E-state index is 0.0242. The third kappa shape index (κ3) is 6.86. The van der Waals surface area contributed by atoms with Crippen molar-refractivity contribution in [3.63, 3.8) is 0 Å². The van der Waals surface area contributed by atoms with Crippen LogP contribution in [0.5, 0.6) is 5.75 Å². The van der Waals surface area contributed by atoms with Gasteiger partial charge in [-0.15, -0.1) is 0 Å². The van der Waals surface area contributed by atoms with Crippen molar-refractivity contribution in [3.8, 4) is 11.8 Å². The van der Waals surface area contributed by atoms with E-state index in [2.05, 4.69) is 99.6 Å². The molecule has 2 nitrogen and oxygen atoms in total. The third-order valence-electron chi connectivity index (χ3n) is 6.23. The Balaban J connectivity index is 2.86. The van der Waals surface area contributed by atoms with E-state index in [9.17, 15) is 5.26 Å². The van der Waals surface area contributed by atoms with E-state index in [0.29, 0.717) is 18.4 Å². The summed E-state index contributed by atoms with van der Waals surface area (Å²) in [7, 11) is 0. The average molecular weight is 448 g/mol. The van der Waals surface area contributed by atoms with E-state index < -0.39 is 5.41 Å². The molecule has 0 saturated carbocycles. The zero-order chi connectivity index (χ0) is 25.0. The molecule has 2 rings (SSSR count). The molecule has 2 aromatic rings. The summed E-state index contributed by atoms with van der Waals surface area (Å²) in [5.74, 6) is 1.71. The first-order valence-corrected chi connectivity index (χ1v) is 12.5. The Morgan fingerprint density at radius 2 is 1.30 bits per heavy atom. The summed E-state index contributed by atoms with van der Waals surface area (Å²) in [5.41, 5.74) is 3.94. The maximum atomic E-state index is 10.7.